The minimum atomic E-state index is 0.781. The maximum Gasteiger partial charge on any atom is 0.00922 e. The average Bonchev–Trinajstić information content (AvgIpc) is 2.80. The Hall–Kier alpha value is -0.0800. The highest BCUT2D eigenvalue weighted by Crippen LogP contribution is 2.22. The van der Waals surface area contributed by atoms with Gasteiger partial charge in [0.05, 0.1) is 0 Å². The Morgan fingerprint density at radius 3 is 2.47 bits per heavy atom. The molecule has 2 nitrogen and oxygen atoms in total. The molecule has 1 N–H and O–H groups in total. The van der Waals surface area contributed by atoms with Crippen molar-refractivity contribution in [2.75, 3.05) is 26.7 Å². The first-order chi connectivity index (χ1) is 8.20. The van der Waals surface area contributed by atoms with E-state index in [0.29, 0.717) is 0 Å². The number of nitrogens with one attached hydrogen (secondary N) is 1. The lowest BCUT2D eigenvalue weighted by Gasteiger charge is -2.23. The highest BCUT2D eigenvalue weighted by Gasteiger charge is 2.18. The molecule has 1 saturated carbocycles. The molecule has 2 heteroatoms. The van der Waals surface area contributed by atoms with E-state index in [0.717, 1.165) is 12.0 Å². The van der Waals surface area contributed by atoms with Crippen LogP contribution in [0, 0.1) is 5.92 Å². The fraction of sp³-hybridized carbons (Fsp3) is 1.00. The van der Waals surface area contributed by atoms with E-state index in [-0.39, 0.29) is 0 Å². The summed E-state index contributed by atoms with van der Waals surface area (Å²) in [7, 11) is 2.31. The molecule has 0 saturated heterocycles. The monoisotopic (exact) mass is 240 g/mol. The first kappa shape index (κ1) is 15.0. The lowest BCUT2D eigenvalue weighted by Crippen LogP contribution is -2.30. The molecule has 0 aromatic rings. The van der Waals surface area contributed by atoms with Crippen molar-refractivity contribution in [1.82, 2.24) is 10.2 Å². The summed E-state index contributed by atoms with van der Waals surface area (Å²) in [6.07, 6.45) is 9.87. The molecule has 0 aromatic carbocycles. The van der Waals surface area contributed by atoms with E-state index in [9.17, 15) is 0 Å². The first-order valence-electron chi connectivity index (χ1n) is 7.61. The summed E-state index contributed by atoms with van der Waals surface area (Å²) in [6, 6.07) is 0.897. The molecule has 1 aliphatic rings. The summed E-state index contributed by atoms with van der Waals surface area (Å²) in [5.41, 5.74) is 0. The van der Waals surface area contributed by atoms with Gasteiger partial charge >= 0.3 is 0 Å². The van der Waals surface area contributed by atoms with Crippen molar-refractivity contribution in [3.63, 3.8) is 0 Å². The smallest absolute Gasteiger partial charge is 0.00922 e. The zero-order valence-corrected chi connectivity index (χ0v) is 12.2. The molecule has 0 bridgehead atoms. The van der Waals surface area contributed by atoms with Gasteiger partial charge in [0.25, 0.3) is 0 Å². The van der Waals surface area contributed by atoms with Crippen molar-refractivity contribution in [2.24, 2.45) is 5.92 Å². The summed E-state index contributed by atoms with van der Waals surface area (Å²) in [4.78, 5) is 2.59. The largest absolute Gasteiger partial charge is 0.316 e. The van der Waals surface area contributed by atoms with Gasteiger partial charge in [0.15, 0.2) is 0 Å². The lowest BCUT2D eigenvalue weighted by molar-refractivity contribution is 0.240. The van der Waals surface area contributed by atoms with Crippen LogP contribution in [0.2, 0.25) is 0 Å². The molecule has 0 radical (unpaired) electrons. The maximum atomic E-state index is 3.51. The summed E-state index contributed by atoms with van der Waals surface area (Å²) < 4.78 is 0. The molecule has 0 aromatic heterocycles. The molecule has 17 heavy (non-hydrogen) atoms. The Morgan fingerprint density at radius 2 is 1.82 bits per heavy atom. The van der Waals surface area contributed by atoms with E-state index < -0.39 is 0 Å². The SMILES string of the molecule is CC(C)CNCCCCCN(C)C1CCCC1. The quantitative estimate of drug-likeness (QED) is 0.622. The standard InChI is InChI=1S/C15H32N2/c1-14(2)13-16-11-7-4-8-12-17(3)15-9-5-6-10-15/h14-16H,4-13H2,1-3H3. The van der Waals surface area contributed by atoms with Crippen LogP contribution in [0.5, 0.6) is 0 Å². The van der Waals surface area contributed by atoms with Gasteiger partial charge in [-0.1, -0.05) is 33.1 Å². The molecule has 102 valence electrons. The van der Waals surface area contributed by atoms with E-state index in [2.05, 4.69) is 31.1 Å². The second-order valence-corrected chi connectivity index (χ2v) is 6.08. The third-order valence-electron chi connectivity index (χ3n) is 3.87. The second kappa shape index (κ2) is 8.93. The zero-order chi connectivity index (χ0) is 12.5. The summed E-state index contributed by atoms with van der Waals surface area (Å²) >= 11 is 0. The van der Waals surface area contributed by atoms with Gasteiger partial charge in [-0.15, -0.1) is 0 Å². The molecule has 0 spiro atoms. The van der Waals surface area contributed by atoms with Crippen LogP contribution >= 0.6 is 0 Å². The highest BCUT2D eigenvalue weighted by atomic mass is 15.1. The topological polar surface area (TPSA) is 15.3 Å². The van der Waals surface area contributed by atoms with Crippen LogP contribution in [0.3, 0.4) is 0 Å². The predicted octanol–water partition coefficient (Wildman–Crippen LogP) is 3.28. The Kier molecular flexibility index (Phi) is 7.87. The van der Waals surface area contributed by atoms with Gasteiger partial charge in [-0.05, 0) is 58.3 Å². The molecule has 1 rings (SSSR count). The third-order valence-corrected chi connectivity index (χ3v) is 3.87. The highest BCUT2D eigenvalue weighted by molar-refractivity contribution is 4.74. The van der Waals surface area contributed by atoms with Crippen LogP contribution < -0.4 is 5.32 Å². The number of hydrogen-bond donors (Lipinski definition) is 1. The molecular formula is C15H32N2. The van der Waals surface area contributed by atoms with Gasteiger partial charge in [-0.3, -0.25) is 0 Å². The Bertz CT molecular complexity index is 174. The fourth-order valence-electron chi connectivity index (χ4n) is 2.71. The molecule has 0 unspecified atom stereocenters. The summed E-state index contributed by atoms with van der Waals surface area (Å²) in [5, 5.41) is 3.51. The molecule has 0 heterocycles. The molecular weight excluding hydrogens is 208 g/mol. The minimum Gasteiger partial charge on any atom is -0.316 e. The molecule has 1 fully saturated rings. The molecule has 0 amide bonds. The Labute approximate surface area is 108 Å². The number of rotatable bonds is 9. The van der Waals surface area contributed by atoms with Crippen molar-refractivity contribution >= 4 is 0 Å². The lowest BCUT2D eigenvalue weighted by atomic mass is 10.2. The average molecular weight is 240 g/mol. The number of nitrogens with zero attached hydrogens (tertiary/aromatic N) is 1. The number of unbranched alkanes of at least 4 members (excludes halogenated alkanes) is 2. The van der Waals surface area contributed by atoms with Crippen LogP contribution in [0.4, 0.5) is 0 Å². The van der Waals surface area contributed by atoms with Gasteiger partial charge in [0.2, 0.25) is 0 Å². The van der Waals surface area contributed by atoms with Crippen LogP contribution in [0.15, 0.2) is 0 Å². The van der Waals surface area contributed by atoms with E-state index in [1.807, 2.05) is 0 Å². The van der Waals surface area contributed by atoms with Crippen LogP contribution in [0.1, 0.15) is 58.8 Å². The molecule has 1 aliphatic carbocycles. The Morgan fingerprint density at radius 1 is 1.12 bits per heavy atom. The summed E-state index contributed by atoms with van der Waals surface area (Å²) in [5.74, 6) is 0.781. The van der Waals surface area contributed by atoms with Gasteiger partial charge in [-0.25, -0.2) is 0 Å². The fourth-order valence-corrected chi connectivity index (χ4v) is 2.71. The maximum absolute atomic E-state index is 3.51. The molecule has 0 atom stereocenters. The van der Waals surface area contributed by atoms with Crippen LogP contribution in [0.25, 0.3) is 0 Å². The van der Waals surface area contributed by atoms with Gasteiger partial charge < -0.3 is 10.2 Å². The third kappa shape index (κ3) is 7.05. The van der Waals surface area contributed by atoms with Gasteiger partial charge in [0, 0.05) is 6.04 Å². The summed E-state index contributed by atoms with van der Waals surface area (Å²) in [6.45, 7) is 8.20. The first-order valence-corrected chi connectivity index (χ1v) is 7.61. The normalized spacial score (nSPS) is 17.5. The van der Waals surface area contributed by atoms with Crippen molar-refractivity contribution in [2.45, 2.75) is 64.8 Å². The van der Waals surface area contributed by atoms with Crippen molar-refractivity contribution in [1.29, 1.82) is 0 Å². The van der Waals surface area contributed by atoms with E-state index in [1.165, 1.54) is 64.6 Å². The Balaban J connectivity index is 1.86. The minimum absolute atomic E-state index is 0.781. The van der Waals surface area contributed by atoms with Crippen molar-refractivity contribution < 1.29 is 0 Å². The second-order valence-electron chi connectivity index (χ2n) is 6.08. The zero-order valence-electron chi connectivity index (χ0n) is 12.2. The van der Waals surface area contributed by atoms with E-state index >= 15 is 0 Å². The van der Waals surface area contributed by atoms with Gasteiger partial charge in [0.1, 0.15) is 0 Å². The van der Waals surface area contributed by atoms with Crippen molar-refractivity contribution in [3.8, 4) is 0 Å². The number of hydrogen-bond acceptors (Lipinski definition) is 2. The predicted molar refractivity (Wildman–Crippen MR) is 76.4 cm³/mol. The van der Waals surface area contributed by atoms with Crippen LogP contribution in [-0.4, -0.2) is 37.6 Å². The van der Waals surface area contributed by atoms with Gasteiger partial charge in [-0.2, -0.15) is 0 Å². The van der Waals surface area contributed by atoms with Crippen LogP contribution in [-0.2, 0) is 0 Å². The van der Waals surface area contributed by atoms with E-state index in [4.69, 9.17) is 0 Å². The van der Waals surface area contributed by atoms with E-state index in [1.54, 1.807) is 0 Å². The molecule has 0 aliphatic heterocycles. The van der Waals surface area contributed by atoms with Crippen molar-refractivity contribution in [3.05, 3.63) is 0 Å².